The molecule has 3 rings (SSSR count). The Morgan fingerprint density at radius 2 is 2.00 bits per heavy atom. The van der Waals surface area contributed by atoms with Gasteiger partial charge in [-0.05, 0) is 39.5 Å². The summed E-state index contributed by atoms with van der Waals surface area (Å²) in [4.78, 5) is 12.6. The third-order valence-corrected chi connectivity index (χ3v) is 6.76. The molecule has 5 heteroatoms. The summed E-state index contributed by atoms with van der Waals surface area (Å²) in [6.07, 6.45) is 8.37. The Hall–Kier alpha value is -0.970. The van der Waals surface area contributed by atoms with Gasteiger partial charge in [-0.3, -0.25) is 13.7 Å². The predicted molar refractivity (Wildman–Crippen MR) is 79.2 cm³/mol. The Bertz CT molecular complexity index is 522. The first-order valence-electron chi connectivity index (χ1n) is 7.54. The summed E-state index contributed by atoms with van der Waals surface area (Å²) >= 11 is 0. The van der Waals surface area contributed by atoms with Crippen LogP contribution in [0.25, 0.3) is 0 Å². The van der Waals surface area contributed by atoms with Crippen LogP contribution in [0.1, 0.15) is 62.4 Å². The molecule has 3 heterocycles. The molecule has 0 saturated carbocycles. The molecule has 0 amide bonds. The van der Waals surface area contributed by atoms with Crippen molar-refractivity contribution in [2.75, 3.05) is 0 Å². The van der Waals surface area contributed by atoms with Gasteiger partial charge in [0.15, 0.2) is 5.78 Å². The Morgan fingerprint density at radius 3 is 2.55 bits per heavy atom. The lowest BCUT2D eigenvalue weighted by Gasteiger charge is -2.37. The minimum absolute atomic E-state index is 0.0489. The maximum Gasteiger partial charge on any atom is 0.169 e. The van der Waals surface area contributed by atoms with E-state index < -0.39 is 10.8 Å². The van der Waals surface area contributed by atoms with Crippen molar-refractivity contribution in [3.8, 4) is 0 Å². The molecule has 1 aromatic rings. The van der Waals surface area contributed by atoms with Crippen molar-refractivity contribution in [3.63, 3.8) is 0 Å². The van der Waals surface area contributed by atoms with Gasteiger partial charge in [0.05, 0.1) is 11.8 Å². The van der Waals surface area contributed by atoms with Crippen LogP contribution in [-0.4, -0.2) is 30.3 Å². The van der Waals surface area contributed by atoms with Crippen LogP contribution in [0.2, 0.25) is 0 Å². The number of hydrogen-bond acceptors (Lipinski definition) is 3. The van der Waals surface area contributed by atoms with Gasteiger partial charge in [0.25, 0.3) is 0 Å². The van der Waals surface area contributed by atoms with Crippen LogP contribution in [0.4, 0.5) is 0 Å². The SMILES string of the molecule is CC(C)n1cc(C(=O)C2CC3CCCC(C2)S3=O)cn1. The molecule has 0 spiro atoms. The van der Waals surface area contributed by atoms with E-state index in [0.717, 1.165) is 31.2 Å². The van der Waals surface area contributed by atoms with Crippen molar-refractivity contribution in [2.24, 2.45) is 5.92 Å². The van der Waals surface area contributed by atoms with Gasteiger partial charge in [0, 0.05) is 39.5 Å². The Morgan fingerprint density at radius 1 is 1.35 bits per heavy atom. The van der Waals surface area contributed by atoms with Crippen LogP contribution in [0, 0.1) is 5.92 Å². The maximum atomic E-state index is 12.6. The Balaban J connectivity index is 1.75. The van der Waals surface area contributed by atoms with E-state index in [4.69, 9.17) is 0 Å². The molecule has 2 saturated heterocycles. The van der Waals surface area contributed by atoms with Crippen molar-refractivity contribution < 1.29 is 9.00 Å². The lowest BCUT2D eigenvalue weighted by Crippen LogP contribution is -2.41. The molecule has 2 atom stereocenters. The number of Topliss-reactive ketones (excluding diaryl/α,β-unsaturated/α-hetero) is 1. The molecule has 20 heavy (non-hydrogen) atoms. The van der Waals surface area contributed by atoms with Gasteiger partial charge in [0.2, 0.25) is 0 Å². The maximum absolute atomic E-state index is 12.6. The first-order chi connectivity index (χ1) is 9.56. The topological polar surface area (TPSA) is 52.0 Å². The van der Waals surface area contributed by atoms with Gasteiger partial charge in [0.1, 0.15) is 0 Å². The highest BCUT2D eigenvalue weighted by Crippen LogP contribution is 2.38. The summed E-state index contributed by atoms with van der Waals surface area (Å²) in [5, 5.41) is 4.75. The molecule has 0 aliphatic carbocycles. The number of ketones is 1. The Kier molecular flexibility index (Phi) is 3.80. The number of carbonyl (C=O) groups is 1. The fraction of sp³-hybridized carbons (Fsp3) is 0.733. The van der Waals surface area contributed by atoms with Gasteiger partial charge in [-0.15, -0.1) is 0 Å². The first kappa shape index (κ1) is 14.0. The van der Waals surface area contributed by atoms with Crippen LogP contribution in [-0.2, 0) is 10.8 Å². The normalized spacial score (nSPS) is 33.4. The lowest BCUT2D eigenvalue weighted by atomic mass is 9.85. The average molecular weight is 294 g/mol. The number of carbonyl (C=O) groups excluding carboxylic acids is 1. The first-order valence-corrected chi connectivity index (χ1v) is 8.81. The molecule has 0 N–H and O–H groups in total. The van der Waals surface area contributed by atoms with E-state index >= 15 is 0 Å². The molecule has 110 valence electrons. The highest BCUT2D eigenvalue weighted by molar-refractivity contribution is 7.86. The highest BCUT2D eigenvalue weighted by atomic mass is 32.2. The Labute approximate surface area is 122 Å². The second kappa shape index (κ2) is 5.43. The van der Waals surface area contributed by atoms with Gasteiger partial charge < -0.3 is 0 Å². The molecule has 2 bridgehead atoms. The zero-order chi connectivity index (χ0) is 14.3. The fourth-order valence-electron chi connectivity index (χ4n) is 3.43. The van der Waals surface area contributed by atoms with Gasteiger partial charge in [-0.2, -0.15) is 5.10 Å². The van der Waals surface area contributed by atoms with Crippen LogP contribution in [0.3, 0.4) is 0 Å². The molecule has 4 nitrogen and oxygen atoms in total. The number of nitrogens with zero attached hydrogens (tertiary/aromatic N) is 2. The second-order valence-corrected chi connectivity index (χ2v) is 8.33. The van der Waals surface area contributed by atoms with Crippen LogP contribution in [0.15, 0.2) is 12.4 Å². The monoisotopic (exact) mass is 294 g/mol. The van der Waals surface area contributed by atoms with Gasteiger partial charge in [-0.1, -0.05) is 6.42 Å². The summed E-state index contributed by atoms with van der Waals surface area (Å²) in [7, 11) is -0.705. The predicted octanol–water partition coefficient (Wildman–Crippen LogP) is 2.73. The minimum atomic E-state index is -0.705. The standard InChI is InChI=1S/C15H22N2O2S/c1-10(2)17-9-12(8-16-17)15(18)11-6-13-4-3-5-14(7-11)20(13)19/h8-11,13-14H,3-7H2,1-2H3. The van der Waals surface area contributed by atoms with Crippen molar-refractivity contribution >= 4 is 16.6 Å². The number of aromatic nitrogens is 2. The second-order valence-electron chi connectivity index (χ2n) is 6.34. The largest absolute Gasteiger partial charge is 0.294 e. The fourth-order valence-corrected chi connectivity index (χ4v) is 5.62. The average Bonchev–Trinajstić information content (AvgIpc) is 2.87. The molecular weight excluding hydrogens is 272 g/mol. The van der Waals surface area contributed by atoms with E-state index in [-0.39, 0.29) is 28.2 Å². The summed E-state index contributed by atoms with van der Waals surface area (Å²) in [6, 6.07) is 0.273. The van der Waals surface area contributed by atoms with Gasteiger partial charge in [-0.25, -0.2) is 0 Å². The molecule has 1 aromatic heterocycles. The van der Waals surface area contributed by atoms with E-state index in [2.05, 4.69) is 18.9 Å². The smallest absolute Gasteiger partial charge is 0.169 e. The van der Waals surface area contributed by atoms with E-state index in [1.807, 2.05) is 10.9 Å². The summed E-state index contributed by atoms with van der Waals surface area (Å²) in [5.74, 6) is 0.248. The van der Waals surface area contributed by atoms with Crippen molar-refractivity contribution in [1.82, 2.24) is 9.78 Å². The van der Waals surface area contributed by atoms with Crippen LogP contribution < -0.4 is 0 Å². The van der Waals surface area contributed by atoms with Crippen molar-refractivity contribution in [1.29, 1.82) is 0 Å². The van der Waals surface area contributed by atoms with Crippen LogP contribution in [0.5, 0.6) is 0 Å². The molecule has 0 radical (unpaired) electrons. The molecule has 2 unspecified atom stereocenters. The summed E-state index contributed by atoms with van der Waals surface area (Å²) in [6.45, 7) is 4.10. The molecule has 2 aliphatic heterocycles. The number of rotatable bonds is 3. The number of fused-ring (bicyclic) bond motifs is 2. The van der Waals surface area contributed by atoms with E-state index in [1.165, 1.54) is 6.42 Å². The third kappa shape index (κ3) is 2.48. The van der Waals surface area contributed by atoms with Crippen molar-refractivity contribution in [3.05, 3.63) is 18.0 Å². The molecule has 2 aliphatic rings. The highest BCUT2D eigenvalue weighted by Gasteiger charge is 2.40. The summed E-state index contributed by atoms with van der Waals surface area (Å²) < 4.78 is 14.0. The molecular formula is C15H22N2O2S. The van der Waals surface area contributed by atoms with E-state index in [0.29, 0.717) is 0 Å². The van der Waals surface area contributed by atoms with E-state index in [1.54, 1.807) is 6.20 Å². The van der Waals surface area contributed by atoms with Crippen LogP contribution >= 0.6 is 0 Å². The lowest BCUT2D eigenvalue weighted by molar-refractivity contribution is 0.0895. The molecule has 0 aromatic carbocycles. The third-order valence-electron chi connectivity index (χ3n) is 4.59. The molecule has 2 fully saturated rings. The quantitative estimate of drug-likeness (QED) is 0.805. The van der Waals surface area contributed by atoms with E-state index in [9.17, 15) is 9.00 Å². The minimum Gasteiger partial charge on any atom is -0.294 e. The summed E-state index contributed by atoms with van der Waals surface area (Å²) in [5.41, 5.74) is 0.717. The zero-order valence-electron chi connectivity index (χ0n) is 12.1. The number of hydrogen-bond donors (Lipinski definition) is 0. The van der Waals surface area contributed by atoms with Crippen molar-refractivity contribution in [2.45, 2.75) is 62.5 Å². The van der Waals surface area contributed by atoms with Gasteiger partial charge >= 0.3 is 0 Å². The zero-order valence-corrected chi connectivity index (χ0v) is 12.9.